The van der Waals surface area contributed by atoms with Crippen molar-refractivity contribution in [3.63, 3.8) is 0 Å². The van der Waals surface area contributed by atoms with Crippen LogP contribution in [0.2, 0.25) is 0 Å². The molecular weight excluding hydrogens is 500 g/mol. The van der Waals surface area contributed by atoms with E-state index >= 15 is 0 Å². The van der Waals surface area contributed by atoms with E-state index in [0.717, 1.165) is 23.7 Å². The van der Waals surface area contributed by atoms with E-state index in [1.54, 1.807) is 0 Å². The highest BCUT2D eigenvalue weighted by molar-refractivity contribution is 7.89. The van der Waals surface area contributed by atoms with E-state index in [0.29, 0.717) is 0 Å². The van der Waals surface area contributed by atoms with E-state index < -0.39 is 40.4 Å². The molecule has 200 valence electrons. The maximum Gasteiger partial charge on any atom is 0.305 e. The summed E-state index contributed by atoms with van der Waals surface area (Å²) in [6.07, 6.45) is -2.34. The summed E-state index contributed by atoms with van der Waals surface area (Å²) in [6, 6.07) is 13.6. The molecule has 0 amide bonds. The Labute approximate surface area is 216 Å². The Kier molecular flexibility index (Phi) is 11.1. The molecule has 11 nitrogen and oxygen atoms in total. The molecule has 2 aromatic rings. The van der Waals surface area contributed by atoms with Crippen LogP contribution in [0.15, 0.2) is 64.6 Å². The SMILES string of the molecule is CC(=O)OC(OC(C)=O)c1ccc(S(=O)(=O)N(CC(C)C)C[C@@H](O)[C@H](Cc2ccccc2)N=[N+]=[N-])cc1. The van der Waals surface area contributed by atoms with Gasteiger partial charge in [-0.1, -0.05) is 61.4 Å². The number of carbonyl (C=O) groups is 2. The van der Waals surface area contributed by atoms with Gasteiger partial charge >= 0.3 is 11.9 Å². The normalized spacial score (nSPS) is 13.2. The number of benzene rings is 2. The van der Waals surface area contributed by atoms with Crippen molar-refractivity contribution in [3.8, 4) is 0 Å². The van der Waals surface area contributed by atoms with Gasteiger partial charge in [0, 0.05) is 37.4 Å². The third kappa shape index (κ3) is 9.18. The van der Waals surface area contributed by atoms with Crippen molar-refractivity contribution in [1.82, 2.24) is 4.31 Å². The molecule has 0 fully saturated rings. The minimum Gasteiger partial charge on any atom is -0.421 e. The van der Waals surface area contributed by atoms with Crippen LogP contribution in [0.3, 0.4) is 0 Å². The molecule has 0 unspecified atom stereocenters. The van der Waals surface area contributed by atoms with E-state index in [-0.39, 0.29) is 35.9 Å². The van der Waals surface area contributed by atoms with Gasteiger partial charge in [0.25, 0.3) is 6.29 Å². The molecule has 0 heterocycles. The molecule has 0 aliphatic heterocycles. The number of nitrogens with zero attached hydrogens (tertiary/aromatic N) is 4. The van der Waals surface area contributed by atoms with Gasteiger partial charge in [0.2, 0.25) is 10.0 Å². The number of aliphatic hydroxyl groups excluding tert-OH is 1. The van der Waals surface area contributed by atoms with Gasteiger partial charge in [-0.05, 0) is 35.6 Å². The van der Waals surface area contributed by atoms with Crippen LogP contribution in [0.25, 0.3) is 10.4 Å². The smallest absolute Gasteiger partial charge is 0.305 e. The molecular formula is C25H32N4O7S. The monoisotopic (exact) mass is 532 g/mol. The number of hydrogen-bond acceptors (Lipinski definition) is 8. The molecule has 0 radical (unpaired) electrons. The molecule has 0 bridgehead atoms. The van der Waals surface area contributed by atoms with Crippen molar-refractivity contribution in [2.45, 2.75) is 57.4 Å². The minimum atomic E-state index is -4.08. The van der Waals surface area contributed by atoms with Crippen LogP contribution in [0.4, 0.5) is 0 Å². The fourth-order valence-corrected chi connectivity index (χ4v) is 5.21. The molecule has 0 spiro atoms. The van der Waals surface area contributed by atoms with Crippen LogP contribution in [0, 0.1) is 5.92 Å². The van der Waals surface area contributed by atoms with Gasteiger partial charge in [0.05, 0.1) is 17.0 Å². The third-order valence-electron chi connectivity index (χ3n) is 5.23. The van der Waals surface area contributed by atoms with Crippen molar-refractivity contribution in [2.24, 2.45) is 11.0 Å². The third-order valence-corrected chi connectivity index (χ3v) is 7.07. The van der Waals surface area contributed by atoms with Crippen LogP contribution in [0.5, 0.6) is 0 Å². The molecule has 0 saturated carbocycles. The lowest BCUT2D eigenvalue weighted by Gasteiger charge is -2.28. The molecule has 37 heavy (non-hydrogen) atoms. The zero-order chi connectivity index (χ0) is 27.6. The van der Waals surface area contributed by atoms with Crippen molar-refractivity contribution in [1.29, 1.82) is 0 Å². The first-order valence-corrected chi connectivity index (χ1v) is 13.1. The molecule has 12 heteroatoms. The summed E-state index contributed by atoms with van der Waals surface area (Å²) in [7, 11) is -4.08. The van der Waals surface area contributed by atoms with Gasteiger partial charge in [-0.15, -0.1) is 0 Å². The summed E-state index contributed by atoms with van der Waals surface area (Å²) >= 11 is 0. The summed E-state index contributed by atoms with van der Waals surface area (Å²) in [5.74, 6) is -1.42. The van der Waals surface area contributed by atoms with E-state index in [9.17, 15) is 23.1 Å². The van der Waals surface area contributed by atoms with Crippen LogP contribution < -0.4 is 0 Å². The Bertz CT molecular complexity index is 1180. The second-order valence-electron chi connectivity index (χ2n) is 8.87. The van der Waals surface area contributed by atoms with Crippen molar-refractivity contribution < 1.29 is 32.6 Å². The number of carbonyl (C=O) groups excluding carboxylic acids is 2. The van der Waals surface area contributed by atoms with Gasteiger partial charge < -0.3 is 14.6 Å². The van der Waals surface area contributed by atoms with Gasteiger partial charge in [-0.3, -0.25) is 9.59 Å². The molecule has 2 aromatic carbocycles. The van der Waals surface area contributed by atoms with E-state index in [4.69, 9.17) is 15.0 Å². The molecule has 1 N–H and O–H groups in total. The van der Waals surface area contributed by atoms with Crippen LogP contribution in [-0.4, -0.2) is 55.0 Å². The summed E-state index contributed by atoms with van der Waals surface area (Å²) < 4.78 is 38.2. The lowest BCUT2D eigenvalue weighted by atomic mass is 10.0. The van der Waals surface area contributed by atoms with Crippen LogP contribution in [0.1, 0.15) is 45.1 Å². The van der Waals surface area contributed by atoms with E-state index in [1.165, 1.54) is 24.3 Å². The summed E-state index contributed by atoms with van der Waals surface area (Å²) in [6.45, 7) is 5.82. The van der Waals surface area contributed by atoms with E-state index in [1.807, 2.05) is 44.2 Å². The standard InChI is InChI=1S/C25H32N4O7S/c1-17(2)15-29(16-24(32)23(27-28-26)14-20-8-6-5-7-9-20)37(33,34)22-12-10-21(11-13-22)25(35-18(3)30)36-19(4)31/h5-13,17,23-25,32H,14-16H2,1-4H3/t23-,24+/m0/s1. The van der Waals surface area contributed by atoms with E-state index in [2.05, 4.69) is 10.0 Å². The Balaban J connectivity index is 2.31. The van der Waals surface area contributed by atoms with Gasteiger partial charge in [0.1, 0.15) is 0 Å². The highest BCUT2D eigenvalue weighted by Gasteiger charge is 2.31. The maximum atomic E-state index is 13.5. The Morgan fingerprint density at radius 2 is 1.57 bits per heavy atom. The van der Waals surface area contributed by atoms with Gasteiger partial charge in [-0.25, -0.2) is 8.42 Å². The Hall–Kier alpha value is -3.44. The fourth-order valence-electron chi connectivity index (χ4n) is 3.59. The average Bonchev–Trinajstić information content (AvgIpc) is 2.83. The number of rotatable bonds is 13. The highest BCUT2D eigenvalue weighted by atomic mass is 32.2. The number of esters is 2. The van der Waals surface area contributed by atoms with Crippen molar-refractivity contribution in [2.75, 3.05) is 13.1 Å². The van der Waals surface area contributed by atoms with Gasteiger partial charge in [0.15, 0.2) is 0 Å². The Morgan fingerprint density at radius 3 is 2.05 bits per heavy atom. The number of sulfonamides is 1. The van der Waals surface area contributed by atoms with Crippen molar-refractivity contribution >= 4 is 22.0 Å². The summed E-state index contributed by atoms with van der Waals surface area (Å²) in [5.41, 5.74) is 10.1. The number of azide groups is 1. The summed E-state index contributed by atoms with van der Waals surface area (Å²) in [4.78, 5) is 25.5. The predicted octanol–water partition coefficient (Wildman–Crippen LogP) is 3.74. The zero-order valence-electron chi connectivity index (χ0n) is 21.2. The average molecular weight is 533 g/mol. The van der Waals surface area contributed by atoms with Gasteiger partial charge in [-0.2, -0.15) is 4.31 Å². The minimum absolute atomic E-state index is 0.0643. The first-order chi connectivity index (χ1) is 17.4. The molecule has 0 aliphatic rings. The fraction of sp³-hybridized carbons (Fsp3) is 0.440. The first kappa shape index (κ1) is 29.8. The number of aliphatic hydroxyl groups is 1. The van der Waals surface area contributed by atoms with Crippen molar-refractivity contribution in [3.05, 3.63) is 76.2 Å². The first-order valence-electron chi connectivity index (χ1n) is 11.6. The molecule has 2 rings (SSSR count). The topological polar surface area (TPSA) is 159 Å². The Morgan fingerprint density at radius 1 is 1.00 bits per heavy atom. The number of hydrogen-bond donors (Lipinski definition) is 1. The lowest BCUT2D eigenvalue weighted by molar-refractivity contribution is -0.186. The maximum absolute atomic E-state index is 13.5. The molecule has 0 saturated heterocycles. The second kappa shape index (κ2) is 13.8. The largest absolute Gasteiger partial charge is 0.421 e. The highest BCUT2D eigenvalue weighted by Crippen LogP contribution is 2.24. The van der Waals surface area contributed by atoms with Crippen LogP contribution in [-0.2, 0) is 35.5 Å². The molecule has 0 aromatic heterocycles. The predicted molar refractivity (Wildman–Crippen MR) is 135 cm³/mol. The molecule has 0 aliphatic carbocycles. The molecule has 2 atom stereocenters. The van der Waals surface area contributed by atoms with Crippen LogP contribution >= 0.6 is 0 Å². The second-order valence-corrected chi connectivity index (χ2v) is 10.8. The number of ether oxygens (including phenoxy) is 2. The zero-order valence-corrected chi connectivity index (χ0v) is 22.0. The lowest BCUT2D eigenvalue weighted by Crippen LogP contribution is -2.43. The summed E-state index contributed by atoms with van der Waals surface area (Å²) in [5, 5.41) is 14.6. The quantitative estimate of drug-likeness (QED) is 0.135.